The van der Waals surface area contributed by atoms with Crippen molar-refractivity contribution in [2.45, 2.75) is 13.8 Å². The molecule has 0 unspecified atom stereocenters. The Bertz CT molecular complexity index is 803. The molecule has 1 N–H and O–H groups in total. The van der Waals surface area contributed by atoms with Crippen LogP contribution in [0.25, 0.3) is 22.6 Å². The molecule has 0 saturated carbocycles. The zero-order valence-corrected chi connectivity index (χ0v) is 12.1. The summed E-state index contributed by atoms with van der Waals surface area (Å²) in [4.78, 5) is 7.84. The summed E-state index contributed by atoms with van der Waals surface area (Å²) in [7, 11) is 0. The molecule has 0 spiro atoms. The van der Waals surface area contributed by atoms with E-state index < -0.39 is 0 Å². The van der Waals surface area contributed by atoms with Crippen molar-refractivity contribution in [3.8, 4) is 22.6 Å². The van der Waals surface area contributed by atoms with Crippen molar-refractivity contribution in [1.82, 2.24) is 9.97 Å². The molecule has 0 atom stereocenters. The maximum Gasteiger partial charge on any atom is 0.142 e. The second kappa shape index (κ2) is 5.06. The van der Waals surface area contributed by atoms with Crippen molar-refractivity contribution < 1.29 is 4.42 Å². The second-order valence-corrected chi connectivity index (χ2v) is 5.03. The van der Waals surface area contributed by atoms with Gasteiger partial charge in [0.25, 0.3) is 0 Å². The maximum absolute atomic E-state index is 5.38. The average Bonchev–Trinajstić information content (AvgIpc) is 2.89. The lowest BCUT2D eigenvalue weighted by Crippen LogP contribution is -1.97. The number of hydrogen-bond acceptors (Lipinski definition) is 3. The number of aromatic amines is 1. The van der Waals surface area contributed by atoms with Crippen LogP contribution in [0.5, 0.6) is 0 Å². The number of hydrogen-bond donors (Lipinski definition) is 1. The smallest absolute Gasteiger partial charge is 0.142 e. The molecule has 3 aromatic rings. The Balaban J connectivity index is 2.24. The molecule has 3 nitrogen and oxygen atoms in total. The number of H-pyrrole nitrogens is 1. The molecule has 0 saturated heterocycles. The highest BCUT2D eigenvalue weighted by Gasteiger charge is 2.11. The van der Waals surface area contributed by atoms with Crippen molar-refractivity contribution in [2.75, 3.05) is 0 Å². The van der Waals surface area contributed by atoms with E-state index in [4.69, 9.17) is 16.6 Å². The SMILES string of the molecule is Cc1occc1-c1nc(=S)c(C)c(-c2ccccc2)[nH]1. The van der Waals surface area contributed by atoms with E-state index in [0.29, 0.717) is 4.64 Å². The second-order valence-electron chi connectivity index (χ2n) is 4.65. The molecule has 0 fully saturated rings. The molecular weight excluding hydrogens is 268 g/mol. The molecule has 3 rings (SSSR count). The fraction of sp³-hybridized carbons (Fsp3) is 0.125. The predicted octanol–water partition coefficient (Wildman–Crippen LogP) is 4.68. The first-order chi connectivity index (χ1) is 9.66. The molecule has 1 aromatic carbocycles. The summed E-state index contributed by atoms with van der Waals surface area (Å²) in [5.74, 6) is 1.57. The van der Waals surface area contributed by atoms with Crippen LogP contribution in [0, 0.1) is 18.5 Å². The monoisotopic (exact) mass is 282 g/mol. The largest absolute Gasteiger partial charge is 0.469 e. The van der Waals surface area contributed by atoms with Gasteiger partial charge in [-0.3, -0.25) is 0 Å². The van der Waals surface area contributed by atoms with Gasteiger partial charge in [0.15, 0.2) is 0 Å². The van der Waals surface area contributed by atoms with Gasteiger partial charge in [-0.05, 0) is 25.5 Å². The standard InChI is InChI=1S/C16H14N2OS/c1-10-14(12-6-4-3-5-7-12)17-15(18-16(10)20)13-8-9-19-11(13)2/h3-9H,1-2H3,(H,17,18,20). The molecule has 20 heavy (non-hydrogen) atoms. The number of rotatable bonds is 2. The summed E-state index contributed by atoms with van der Waals surface area (Å²) in [6.07, 6.45) is 1.66. The van der Waals surface area contributed by atoms with Crippen molar-refractivity contribution in [3.05, 3.63) is 58.6 Å². The topological polar surface area (TPSA) is 41.8 Å². The van der Waals surface area contributed by atoms with Crippen molar-refractivity contribution in [3.63, 3.8) is 0 Å². The van der Waals surface area contributed by atoms with Crippen LogP contribution in [-0.2, 0) is 0 Å². The molecule has 4 heteroatoms. The fourth-order valence-corrected chi connectivity index (χ4v) is 2.38. The van der Waals surface area contributed by atoms with Crippen LogP contribution in [-0.4, -0.2) is 9.97 Å². The van der Waals surface area contributed by atoms with E-state index in [-0.39, 0.29) is 0 Å². The minimum absolute atomic E-state index is 0.609. The van der Waals surface area contributed by atoms with Gasteiger partial charge < -0.3 is 9.40 Å². The minimum atomic E-state index is 0.609. The average molecular weight is 282 g/mol. The lowest BCUT2D eigenvalue weighted by molar-refractivity contribution is 0.535. The lowest BCUT2D eigenvalue weighted by Gasteiger charge is -2.09. The minimum Gasteiger partial charge on any atom is -0.469 e. The van der Waals surface area contributed by atoms with Gasteiger partial charge >= 0.3 is 0 Å². The van der Waals surface area contributed by atoms with Crippen molar-refractivity contribution in [1.29, 1.82) is 0 Å². The molecule has 0 aliphatic heterocycles. The normalized spacial score (nSPS) is 10.7. The van der Waals surface area contributed by atoms with Crippen molar-refractivity contribution in [2.24, 2.45) is 0 Å². The van der Waals surface area contributed by atoms with Gasteiger partial charge in [-0.25, -0.2) is 4.98 Å². The Morgan fingerprint density at radius 3 is 2.50 bits per heavy atom. The highest BCUT2D eigenvalue weighted by molar-refractivity contribution is 7.71. The lowest BCUT2D eigenvalue weighted by atomic mass is 10.1. The first-order valence-electron chi connectivity index (χ1n) is 6.37. The fourth-order valence-electron chi connectivity index (χ4n) is 2.18. The Morgan fingerprint density at radius 2 is 1.85 bits per heavy atom. The Labute approximate surface area is 122 Å². The molecule has 0 aliphatic carbocycles. The molecule has 0 radical (unpaired) electrons. The highest BCUT2D eigenvalue weighted by Crippen LogP contribution is 2.26. The third kappa shape index (κ3) is 2.18. The highest BCUT2D eigenvalue weighted by atomic mass is 32.1. The molecule has 2 heterocycles. The van der Waals surface area contributed by atoms with E-state index in [0.717, 1.165) is 34.0 Å². The number of nitrogens with zero attached hydrogens (tertiary/aromatic N) is 1. The number of benzene rings is 1. The molecule has 0 bridgehead atoms. The summed E-state index contributed by atoms with van der Waals surface area (Å²) < 4.78 is 5.95. The number of aryl methyl sites for hydroxylation is 1. The van der Waals surface area contributed by atoms with Crippen LogP contribution < -0.4 is 0 Å². The van der Waals surface area contributed by atoms with Crippen molar-refractivity contribution >= 4 is 12.2 Å². The van der Waals surface area contributed by atoms with Crippen LogP contribution in [0.3, 0.4) is 0 Å². The van der Waals surface area contributed by atoms with Crippen LogP contribution in [0.2, 0.25) is 0 Å². The Morgan fingerprint density at radius 1 is 1.10 bits per heavy atom. The van der Waals surface area contributed by atoms with E-state index in [9.17, 15) is 0 Å². The zero-order valence-electron chi connectivity index (χ0n) is 11.3. The van der Waals surface area contributed by atoms with Gasteiger partial charge in [0.05, 0.1) is 17.5 Å². The van der Waals surface area contributed by atoms with Crippen LogP contribution in [0.1, 0.15) is 11.3 Å². The molecule has 0 amide bonds. The first-order valence-corrected chi connectivity index (χ1v) is 6.78. The summed E-state index contributed by atoms with van der Waals surface area (Å²) in [5, 5.41) is 0. The van der Waals surface area contributed by atoms with E-state index >= 15 is 0 Å². The van der Waals surface area contributed by atoms with Gasteiger partial charge in [-0.1, -0.05) is 42.5 Å². The van der Waals surface area contributed by atoms with Crippen LogP contribution in [0.4, 0.5) is 0 Å². The van der Waals surface area contributed by atoms with E-state index in [1.807, 2.05) is 38.1 Å². The Hall–Kier alpha value is -2.20. The van der Waals surface area contributed by atoms with Gasteiger partial charge in [0.2, 0.25) is 0 Å². The van der Waals surface area contributed by atoms with Crippen LogP contribution in [0.15, 0.2) is 47.1 Å². The van der Waals surface area contributed by atoms with Crippen LogP contribution >= 0.6 is 12.2 Å². The number of furan rings is 1. The number of aromatic nitrogens is 2. The third-order valence-corrected chi connectivity index (χ3v) is 3.73. The van der Waals surface area contributed by atoms with Gasteiger partial charge in [0, 0.05) is 5.56 Å². The summed E-state index contributed by atoms with van der Waals surface area (Å²) in [6, 6.07) is 12.0. The first kappa shape index (κ1) is 12.8. The van der Waals surface area contributed by atoms with E-state index in [1.165, 1.54) is 0 Å². The molecule has 100 valence electrons. The molecular formula is C16H14N2OS. The Kier molecular flexibility index (Phi) is 3.24. The summed E-state index contributed by atoms with van der Waals surface area (Å²) in [5.41, 5.74) is 4.02. The number of nitrogens with one attached hydrogen (secondary N) is 1. The maximum atomic E-state index is 5.38. The van der Waals surface area contributed by atoms with Gasteiger partial charge in [0.1, 0.15) is 16.2 Å². The van der Waals surface area contributed by atoms with Gasteiger partial charge in [-0.2, -0.15) is 0 Å². The molecule has 0 aliphatic rings. The van der Waals surface area contributed by atoms with E-state index in [1.54, 1.807) is 6.26 Å². The zero-order chi connectivity index (χ0) is 14.1. The predicted molar refractivity (Wildman–Crippen MR) is 82.0 cm³/mol. The van der Waals surface area contributed by atoms with E-state index in [2.05, 4.69) is 22.1 Å². The van der Waals surface area contributed by atoms with Gasteiger partial charge in [-0.15, -0.1) is 0 Å². The summed E-state index contributed by atoms with van der Waals surface area (Å²) >= 11 is 5.38. The quantitative estimate of drug-likeness (QED) is 0.694. The molecule has 2 aromatic heterocycles. The third-order valence-electron chi connectivity index (χ3n) is 3.33. The summed E-state index contributed by atoms with van der Waals surface area (Å²) in [6.45, 7) is 3.90.